The molecule has 1 amide bonds. The van der Waals surface area contributed by atoms with Crippen molar-refractivity contribution in [2.24, 2.45) is 17.6 Å². The summed E-state index contributed by atoms with van der Waals surface area (Å²) in [6.45, 7) is 0.406. The molecule has 0 radical (unpaired) electrons. The quantitative estimate of drug-likeness (QED) is 0.846. The highest BCUT2D eigenvalue weighted by atomic mass is 16.4. The Kier molecular flexibility index (Phi) is 5.62. The Balaban J connectivity index is 2.06. The van der Waals surface area contributed by atoms with Crippen molar-refractivity contribution in [1.29, 1.82) is 0 Å². The zero-order valence-corrected chi connectivity index (χ0v) is 12.7. The van der Waals surface area contributed by atoms with Gasteiger partial charge in [0.15, 0.2) is 0 Å². The van der Waals surface area contributed by atoms with Crippen molar-refractivity contribution in [2.75, 3.05) is 13.6 Å². The van der Waals surface area contributed by atoms with Crippen LogP contribution >= 0.6 is 0 Å². The van der Waals surface area contributed by atoms with Crippen LogP contribution in [0.3, 0.4) is 0 Å². The highest BCUT2D eigenvalue weighted by Crippen LogP contribution is 2.34. The van der Waals surface area contributed by atoms with Crippen LogP contribution in [0.5, 0.6) is 0 Å². The Hall–Kier alpha value is -1.55. The predicted octanol–water partition coefficient (Wildman–Crippen LogP) is 2.97. The Morgan fingerprint density at radius 3 is 2.52 bits per heavy atom. The monoisotopic (exact) mass is 290 g/mol. The van der Waals surface area contributed by atoms with Crippen molar-refractivity contribution in [3.63, 3.8) is 0 Å². The van der Waals surface area contributed by atoms with Crippen LogP contribution in [-0.4, -0.2) is 35.7 Å². The van der Waals surface area contributed by atoms with Crippen molar-refractivity contribution in [3.8, 4) is 0 Å². The molecule has 0 aromatic heterocycles. The molecule has 4 nitrogen and oxygen atoms in total. The van der Waals surface area contributed by atoms with Gasteiger partial charge in [-0.05, 0) is 23.8 Å². The number of nitrogens with zero attached hydrogens (tertiary/aromatic N) is 1. The zero-order chi connectivity index (χ0) is 15.2. The van der Waals surface area contributed by atoms with Gasteiger partial charge >= 0.3 is 6.09 Å². The summed E-state index contributed by atoms with van der Waals surface area (Å²) in [5, 5.41) is 9.04. The van der Waals surface area contributed by atoms with Crippen LogP contribution in [0.15, 0.2) is 30.3 Å². The molecule has 0 bridgehead atoms. The predicted molar refractivity (Wildman–Crippen MR) is 84.2 cm³/mol. The molecule has 1 aliphatic rings. The second-order valence-electron chi connectivity index (χ2n) is 6.23. The number of likely N-dealkylation sites (N-methyl/N-ethyl adjacent to an activating group) is 1. The molecule has 2 unspecified atom stereocenters. The Morgan fingerprint density at radius 1 is 1.33 bits per heavy atom. The van der Waals surface area contributed by atoms with E-state index in [1.165, 1.54) is 36.1 Å². The summed E-state index contributed by atoms with van der Waals surface area (Å²) < 4.78 is 0. The summed E-state index contributed by atoms with van der Waals surface area (Å²) in [5.41, 5.74) is 7.67. The topological polar surface area (TPSA) is 66.6 Å². The SMILES string of the molecule is CN(CC(N)C(Cc1ccccc1)C1CCCC1)C(=O)O. The average Bonchev–Trinajstić information content (AvgIpc) is 2.99. The normalized spacial score (nSPS) is 18.4. The first-order chi connectivity index (χ1) is 10.1. The standard InChI is InChI=1S/C17H26N2O2/c1-19(17(20)21)12-16(18)15(14-9-5-6-10-14)11-13-7-3-2-4-8-13/h2-4,7-8,14-16H,5-6,9-12,18H2,1H3,(H,20,21). The molecule has 1 aromatic rings. The van der Waals surface area contributed by atoms with Crippen LogP contribution in [0, 0.1) is 11.8 Å². The molecule has 1 aromatic carbocycles. The molecular formula is C17H26N2O2. The Labute approximate surface area is 126 Å². The molecule has 2 atom stereocenters. The highest BCUT2D eigenvalue weighted by molar-refractivity contribution is 5.64. The summed E-state index contributed by atoms with van der Waals surface area (Å²) in [6.07, 6.45) is 5.04. The van der Waals surface area contributed by atoms with Crippen molar-refractivity contribution < 1.29 is 9.90 Å². The van der Waals surface area contributed by atoms with E-state index in [0.717, 1.165) is 6.42 Å². The number of hydrogen-bond acceptors (Lipinski definition) is 2. The lowest BCUT2D eigenvalue weighted by atomic mass is 9.80. The van der Waals surface area contributed by atoms with Gasteiger partial charge in [0.2, 0.25) is 0 Å². The van der Waals surface area contributed by atoms with E-state index in [2.05, 4.69) is 24.3 Å². The molecule has 0 heterocycles. The summed E-state index contributed by atoms with van der Waals surface area (Å²) in [6, 6.07) is 10.3. The van der Waals surface area contributed by atoms with Crippen molar-refractivity contribution in [1.82, 2.24) is 4.90 Å². The first kappa shape index (κ1) is 15.8. The highest BCUT2D eigenvalue weighted by Gasteiger charge is 2.30. The minimum absolute atomic E-state index is 0.102. The van der Waals surface area contributed by atoms with Gasteiger partial charge in [0, 0.05) is 19.6 Å². The maximum atomic E-state index is 11.0. The van der Waals surface area contributed by atoms with E-state index in [-0.39, 0.29) is 6.04 Å². The molecule has 4 heteroatoms. The zero-order valence-electron chi connectivity index (χ0n) is 12.7. The summed E-state index contributed by atoms with van der Waals surface area (Å²) in [5.74, 6) is 0.985. The lowest BCUT2D eigenvalue weighted by Gasteiger charge is -2.31. The van der Waals surface area contributed by atoms with Crippen LogP contribution in [-0.2, 0) is 6.42 Å². The second kappa shape index (κ2) is 7.46. The van der Waals surface area contributed by atoms with E-state index in [1.807, 2.05) is 6.07 Å². The molecule has 1 aliphatic carbocycles. The number of carboxylic acid groups (broad SMARTS) is 1. The van der Waals surface area contributed by atoms with Crippen LogP contribution in [0.2, 0.25) is 0 Å². The van der Waals surface area contributed by atoms with Gasteiger partial charge in [-0.15, -0.1) is 0 Å². The Morgan fingerprint density at radius 2 is 1.95 bits per heavy atom. The lowest BCUT2D eigenvalue weighted by molar-refractivity contribution is 0.144. The maximum absolute atomic E-state index is 11.0. The van der Waals surface area contributed by atoms with Crippen molar-refractivity contribution in [3.05, 3.63) is 35.9 Å². The average molecular weight is 290 g/mol. The third-order valence-corrected chi connectivity index (χ3v) is 4.68. The largest absolute Gasteiger partial charge is 0.465 e. The van der Waals surface area contributed by atoms with E-state index >= 15 is 0 Å². The number of carbonyl (C=O) groups is 1. The van der Waals surface area contributed by atoms with Crippen LogP contribution in [0.4, 0.5) is 4.79 Å². The number of rotatable bonds is 6. The molecular weight excluding hydrogens is 264 g/mol. The fraction of sp³-hybridized carbons (Fsp3) is 0.588. The van der Waals surface area contributed by atoms with Gasteiger partial charge < -0.3 is 15.7 Å². The van der Waals surface area contributed by atoms with Gasteiger partial charge in [-0.25, -0.2) is 4.79 Å². The molecule has 0 saturated heterocycles. The fourth-order valence-corrected chi connectivity index (χ4v) is 3.47. The second-order valence-corrected chi connectivity index (χ2v) is 6.23. The third kappa shape index (κ3) is 4.46. The van der Waals surface area contributed by atoms with Gasteiger partial charge in [0.1, 0.15) is 0 Å². The van der Waals surface area contributed by atoms with Gasteiger partial charge in [0.05, 0.1) is 0 Å². The minimum Gasteiger partial charge on any atom is -0.465 e. The molecule has 1 saturated carbocycles. The van der Waals surface area contributed by atoms with E-state index in [9.17, 15) is 4.79 Å². The molecule has 21 heavy (non-hydrogen) atoms. The third-order valence-electron chi connectivity index (χ3n) is 4.68. The number of amides is 1. The van der Waals surface area contributed by atoms with E-state index in [1.54, 1.807) is 7.05 Å². The number of nitrogens with two attached hydrogens (primary N) is 1. The minimum atomic E-state index is -0.907. The van der Waals surface area contributed by atoms with Crippen molar-refractivity contribution in [2.45, 2.75) is 38.1 Å². The molecule has 3 N–H and O–H groups in total. The summed E-state index contributed by atoms with van der Waals surface area (Å²) in [7, 11) is 1.59. The van der Waals surface area contributed by atoms with Gasteiger partial charge in [-0.3, -0.25) is 0 Å². The van der Waals surface area contributed by atoms with E-state index in [0.29, 0.717) is 18.4 Å². The first-order valence-corrected chi connectivity index (χ1v) is 7.81. The van der Waals surface area contributed by atoms with Crippen molar-refractivity contribution >= 4 is 6.09 Å². The van der Waals surface area contributed by atoms with Gasteiger partial charge in [-0.1, -0.05) is 56.0 Å². The molecule has 116 valence electrons. The molecule has 0 aliphatic heterocycles. The van der Waals surface area contributed by atoms with E-state index in [4.69, 9.17) is 10.8 Å². The number of benzene rings is 1. The number of hydrogen-bond donors (Lipinski definition) is 2. The van der Waals surface area contributed by atoms with Crippen LogP contribution in [0.1, 0.15) is 31.2 Å². The summed E-state index contributed by atoms with van der Waals surface area (Å²) >= 11 is 0. The smallest absolute Gasteiger partial charge is 0.407 e. The molecule has 0 spiro atoms. The maximum Gasteiger partial charge on any atom is 0.407 e. The molecule has 2 rings (SSSR count). The van der Waals surface area contributed by atoms with E-state index < -0.39 is 6.09 Å². The lowest BCUT2D eigenvalue weighted by Crippen LogP contribution is -2.45. The van der Waals surface area contributed by atoms with Crippen LogP contribution < -0.4 is 5.73 Å². The first-order valence-electron chi connectivity index (χ1n) is 7.81. The summed E-state index contributed by atoms with van der Waals surface area (Å²) in [4.78, 5) is 12.3. The molecule has 1 fully saturated rings. The van der Waals surface area contributed by atoms with Gasteiger partial charge in [0.25, 0.3) is 0 Å². The van der Waals surface area contributed by atoms with Gasteiger partial charge in [-0.2, -0.15) is 0 Å². The van der Waals surface area contributed by atoms with Crippen LogP contribution in [0.25, 0.3) is 0 Å². The fourth-order valence-electron chi connectivity index (χ4n) is 3.47. The Bertz CT molecular complexity index is 443.